The minimum absolute atomic E-state index is 0.113. The molecule has 206 valence electrons. The SMILES string of the molecule is Cc1cc([C@@H]2[C@H](c3ccccn3)NC(=S)N2c2ccc(NC(=O)C(C)C)c(Cl)c2)c(C)n1-c1cc(Cl)ccc1O. The van der Waals surface area contributed by atoms with Crippen LogP contribution in [0.2, 0.25) is 10.0 Å². The molecule has 7 nitrogen and oxygen atoms in total. The number of hydrogen-bond acceptors (Lipinski definition) is 4. The number of anilines is 2. The summed E-state index contributed by atoms with van der Waals surface area (Å²) in [6.45, 7) is 7.65. The van der Waals surface area contributed by atoms with E-state index in [0.717, 1.165) is 28.3 Å². The van der Waals surface area contributed by atoms with E-state index >= 15 is 0 Å². The first kappa shape index (κ1) is 28.0. The molecule has 0 spiro atoms. The Hall–Kier alpha value is -3.59. The van der Waals surface area contributed by atoms with Gasteiger partial charge in [-0.15, -0.1) is 0 Å². The molecule has 3 heterocycles. The van der Waals surface area contributed by atoms with Crippen LogP contribution >= 0.6 is 35.4 Å². The van der Waals surface area contributed by atoms with E-state index in [2.05, 4.69) is 21.7 Å². The second-order valence-electron chi connectivity index (χ2n) is 10.1. The van der Waals surface area contributed by atoms with E-state index in [9.17, 15) is 9.90 Å². The van der Waals surface area contributed by atoms with Gasteiger partial charge in [0.2, 0.25) is 5.91 Å². The van der Waals surface area contributed by atoms with Crippen LogP contribution in [-0.4, -0.2) is 25.7 Å². The molecule has 4 aromatic rings. The highest BCUT2D eigenvalue weighted by molar-refractivity contribution is 7.80. The molecular formula is C30H29Cl2N5O2S. The van der Waals surface area contributed by atoms with Gasteiger partial charge >= 0.3 is 0 Å². The van der Waals surface area contributed by atoms with Gasteiger partial charge in [0.25, 0.3) is 0 Å². The zero-order chi connectivity index (χ0) is 28.7. The highest BCUT2D eigenvalue weighted by atomic mass is 35.5. The van der Waals surface area contributed by atoms with Gasteiger partial charge < -0.3 is 25.2 Å². The molecule has 2 aromatic heterocycles. The minimum Gasteiger partial charge on any atom is -0.506 e. The van der Waals surface area contributed by atoms with Crippen LogP contribution in [0.1, 0.15) is 48.6 Å². The van der Waals surface area contributed by atoms with Crippen LogP contribution in [0, 0.1) is 19.8 Å². The fraction of sp³-hybridized carbons (Fsp3) is 0.233. The predicted octanol–water partition coefficient (Wildman–Crippen LogP) is 7.27. The Morgan fingerprint density at radius 1 is 1.10 bits per heavy atom. The number of amides is 1. The molecule has 0 radical (unpaired) electrons. The maximum atomic E-state index is 12.3. The molecule has 5 rings (SSSR count). The monoisotopic (exact) mass is 593 g/mol. The molecule has 1 aliphatic heterocycles. The van der Waals surface area contributed by atoms with Crippen LogP contribution < -0.4 is 15.5 Å². The molecule has 2 aromatic carbocycles. The van der Waals surface area contributed by atoms with Gasteiger partial charge in [-0.3, -0.25) is 9.78 Å². The summed E-state index contributed by atoms with van der Waals surface area (Å²) in [4.78, 5) is 18.9. The van der Waals surface area contributed by atoms with E-state index in [0.29, 0.717) is 26.5 Å². The van der Waals surface area contributed by atoms with Gasteiger partial charge in [0.1, 0.15) is 5.75 Å². The van der Waals surface area contributed by atoms with Crippen molar-refractivity contribution >= 4 is 57.8 Å². The lowest BCUT2D eigenvalue weighted by molar-refractivity contribution is -0.118. The number of aryl methyl sites for hydroxylation is 1. The van der Waals surface area contributed by atoms with Crippen LogP contribution in [0.4, 0.5) is 11.4 Å². The lowest BCUT2D eigenvalue weighted by Crippen LogP contribution is -2.29. The first-order valence-corrected chi connectivity index (χ1v) is 14.0. The van der Waals surface area contributed by atoms with Crippen molar-refractivity contribution in [2.75, 3.05) is 10.2 Å². The number of nitrogens with zero attached hydrogens (tertiary/aromatic N) is 3. The molecule has 1 amide bonds. The number of phenols is 1. The van der Waals surface area contributed by atoms with Crippen LogP contribution in [-0.2, 0) is 4.79 Å². The molecule has 0 unspecified atom stereocenters. The third-order valence-corrected chi connectivity index (χ3v) is 7.94. The van der Waals surface area contributed by atoms with E-state index in [1.54, 1.807) is 36.5 Å². The first-order chi connectivity index (χ1) is 19.1. The van der Waals surface area contributed by atoms with Gasteiger partial charge in [0.15, 0.2) is 5.11 Å². The highest BCUT2D eigenvalue weighted by Gasteiger charge is 2.42. The number of benzene rings is 2. The van der Waals surface area contributed by atoms with E-state index in [1.807, 2.05) is 61.4 Å². The van der Waals surface area contributed by atoms with Gasteiger partial charge in [0.05, 0.1) is 34.2 Å². The lowest BCUT2D eigenvalue weighted by Gasteiger charge is -2.28. The van der Waals surface area contributed by atoms with Crippen molar-refractivity contribution in [1.29, 1.82) is 0 Å². The molecule has 0 aliphatic carbocycles. The third-order valence-electron chi connectivity index (χ3n) is 7.08. The average molecular weight is 595 g/mol. The van der Waals surface area contributed by atoms with Crippen molar-refractivity contribution in [2.45, 2.75) is 39.8 Å². The van der Waals surface area contributed by atoms with Crippen molar-refractivity contribution in [3.63, 3.8) is 0 Å². The van der Waals surface area contributed by atoms with Gasteiger partial charge in [-0.25, -0.2) is 0 Å². The molecule has 1 aliphatic rings. The van der Waals surface area contributed by atoms with Crippen molar-refractivity contribution in [3.8, 4) is 11.4 Å². The summed E-state index contributed by atoms with van der Waals surface area (Å²) < 4.78 is 1.99. The summed E-state index contributed by atoms with van der Waals surface area (Å²) in [5.41, 5.74) is 5.57. The Morgan fingerprint density at radius 2 is 1.88 bits per heavy atom. The van der Waals surface area contributed by atoms with Crippen molar-refractivity contribution in [1.82, 2.24) is 14.9 Å². The quantitative estimate of drug-likeness (QED) is 0.204. The molecule has 0 bridgehead atoms. The van der Waals surface area contributed by atoms with Crippen LogP contribution in [0.15, 0.2) is 66.9 Å². The van der Waals surface area contributed by atoms with Gasteiger partial charge in [-0.2, -0.15) is 0 Å². The zero-order valence-corrected chi connectivity index (χ0v) is 24.8. The number of carbonyl (C=O) groups is 1. The third kappa shape index (κ3) is 5.14. The van der Waals surface area contributed by atoms with Crippen LogP contribution in [0.3, 0.4) is 0 Å². The number of thiocarbonyl (C=S) groups is 1. The topological polar surface area (TPSA) is 82.4 Å². The summed E-state index contributed by atoms with van der Waals surface area (Å²) in [6.07, 6.45) is 1.76. The second-order valence-corrected chi connectivity index (χ2v) is 11.3. The molecule has 40 heavy (non-hydrogen) atoms. The molecule has 10 heteroatoms. The predicted molar refractivity (Wildman–Crippen MR) is 165 cm³/mol. The Bertz CT molecular complexity index is 1610. The summed E-state index contributed by atoms with van der Waals surface area (Å²) in [7, 11) is 0. The normalized spacial score (nSPS) is 16.9. The maximum Gasteiger partial charge on any atom is 0.226 e. The zero-order valence-electron chi connectivity index (χ0n) is 22.4. The van der Waals surface area contributed by atoms with Gasteiger partial charge in [-0.1, -0.05) is 43.1 Å². The Labute approximate surface area is 248 Å². The average Bonchev–Trinajstić information content (AvgIpc) is 3.41. The Morgan fingerprint density at radius 3 is 2.55 bits per heavy atom. The van der Waals surface area contributed by atoms with Crippen molar-refractivity contribution < 1.29 is 9.90 Å². The van der Waals surface area contributed by atoms with E-state index < -0.39 is 0 Å². The number of carbonyl (C=O) groups excluding carboxylic acids is 1. The largest absolute Gasteiger partial charge is 0.506 e. The number of phenolic OH excluding ortho intramolecular Hbond substituents is 1. The Balaban J connectivity index is 1.64. The second kappa shape index (κ2) is 11.1. The number of nitrogens with one attached hydrogen (secondary N) is 2. The van der Waals surface area contributed by atoms with Gasteiger partial charge in [-0.05, 0) is 86.2 Å². The maximum absolute atomic E-state index is 12.3. The molecule has 1 saturated heterocycles. The smallest absolute Gasteiger partial charge is 0.226 e. The summed E-state index contributed by atoms with van der Waals surface area (Å²) in [6, 6.07) is 17.8. The molecule has 3 N–H and O–H groups in total. The van der Waals surface area contributed by atoms with Crippen LogP contribution in [0.5, 0.6) is 5.75 Å². The number of hydrogen-bond donors (Lipinski definition) is 3. The highest BCUT2D eigenvalue weighted by Crippen LogP contribution is 2.45. The number of aromatic hydroxyl groups is 1. The van der Waals surface area contributed by atoms with Crippen LogP contribution in [0.25, 0.3) is 5.69 Å². The van der Waals surface area contributed by atoms with Gasteiger partial charge in [0, 0.05) is 34.2 Å². The van der Waals surface area contributed by atoms with E-state index in [1.165, 1.54) is 0 Å². The fourth-order valence-corrected chi connectivity index (χ4v) is 5.85. The number of halogens is 2. The number of pyridine rings is 1. The van der Waals surface area contributed by atoms with Crippen molar-refractivity contribution in [2.24, 2.45) is 5.92 Å². The number of aromatic nitrogens is 2. The molecule has 1 fully saturated rings. The minimum atomic E-state index is -0.296. The standard InChI is InChI=1S/C30H29Cl2N5O2S/c1-16(2)29(39)34-23-10-9-20(15-22(23)32)37-28(27(35-30(37)40)24-7-5-6-12-33-24)21-13-17(3)36(18(21)4)25-14-19(31)8-11-26(25)38/h5-16,27-28,38H,1-4H3,(H,34,39)(H,35,40)/t27-,28+/m0/s1. The molecular weight excluding hydrogens is 565 g/mol. The number of rotatable bonds is 6. The van der Waals surface area contributed by atoms with E-state index in [-0.39, 0.29) is 29.7 Å². The first-order valence-electron chi connectivity index (χ1n) is 12.9. The fourth-order valence-electron chi connectivity index (χ4n) is 5.11. The molecule has 2 atom stereocenters. The summed E-state index contributed by atoms with van der Waals surface area (Å²) >= 11 is 18.8. The summed E-state index contributed by atoms with van der Waals surface area (Å²) in [5.74, 6) is -0.164. The van der Waals surface area contributed by atoms with E-state index in [4.69, 9.17) is 35.4 Å². The summed E-state index contributed by atoms with van der Waals surface area (Å²) in [5, 5.41) is 18.5. The molecule has 0 saturated carbocycles. The lowest BCUT2D eigenvalue weighted by atomic mass is 9.96. The Kier molecular flexibility index (Phi) is 7.77. The van der Waals surface area contributed by atoms with Crippen molar-refractivity contribution in [3.05, 3.63) is 99.6 Å².